The Bertz CT molecular complexity index is 279. The lowest BCUT2D eigenvalue weighted by Gasteiger charge is -2.32. The van der Waals surface area contributed by atoms with Crippen molar-refractivity contribution in [3.05, 3.63) is 0 Å². The molecule has 0 aliphatic carbocycles. The molecule has 16 heavy (non-hydrogen) atoms. The maximum atomic E-state index is 11.2. The van der Waals surface area contributed by atoms with Gasteiger partial charge in [0.15, 0.2) is 6.29 Å². The van der Waals surface area contributed by atoms with Crippen LogP contribution in [0.3, 0.4) is 0 Å². The highest BCUT2D eigenvalue weighted by Gasteiger charge is 2.33. The number of nitrogens with zero attached hydrogens (tertiary/aromatic N) is 1. The van der Waals surface area contributed by atoms with Gasteiger partial charge >= 0.3 is 11.9 Å². The number of likely N-dealkylation sites (tertiary alicyclic amines) is 1. The first kappa shape index (κ1) is 11.3. The Morgan fingerprint density at radius 2 is 1.69 bits per heavy atom. The van der Waals surface area contributed by atoms with Gasteiger partial charge in [-0.1, -0.05) is 0 Å². The van der Waals surface area contributed by atoms with Crippen molar-refractivity contribution in [1.82, 2.24) is 4.90 Å². The molecule has 2 aliphatic heterocycles. The van der Waals surface area contributed by atoms with Gasteiger partial charge in [0.05, 0.1) is 13.2 Å². The average molecular weight is 229 g/mol. The van der Waals surface area contributed by atoms with Gasteiger partial charge in [0.2, 0.25) is 0 Å². The summed E-state index contributed by atoms with van der Waals surface area (Å²) in [6, 6.07) is 0. The number of rotatable bonds is 1. The minimum atomic E-state index is -1.38. The van der Waals surface area contributed by atoms with E-state index in [4.69, 9.17) is 14.6 Å². The molecule has 2 saturated heterocycles. The Morgan fingerprint density at radius 3 is 2.19 bits per heavy atom. The summed E-state index contributed by atoms with van der Waals surface area (Å²) >= 11 is 0. The summed E-state index contributed by atoms with van der Waals surface area (Å²) in [5.41, 5.74) is 0. The smallest absolute Gasteiger partial charge is 0.394 e. The highest BCUT2D eigenvalue weighted by molar-refractivity contribution is 6.31. The second-order valence-electron chi connectivity index (χ2n) is 4.04. The molecule has 0 saturated carbocycles. The van der Waals surface area contributed by atoms with E-state index < -0.39 is 11.9 Å². The molecule has 2 fully saturated rings. The number of ether oxygens (including phenoxy) is 2. The fourth-order valence-electron chi connectivity index (χ4n) is 2.16. The van der Waals surface area contributed by atoms with Crippen molar-refractivity contribution < 1.29 is 24.2 Å². The van der Waals surface area contributed by atoms with Crippen LogP contribution in [0.5, 0.6) is 0 Å². The quantitative estimate of drug-likeness (QED) is 0.624. The van der Waals surface area contributed by atoms with Crippen LogP contribution in [-0.2, 0) is 19.1 Å². The van der Waals surface area contributed by atoms with Crippen molar-refractivity contribution in [2.45, 2.75) is 19.1 Å². The molecule has 6 nitrogen and oxygen atoms in total. The van der Waals surface area contributed by atoms with E-state index in [9.17, 15) is 9.59 Å². The number of amides is 1. The van der Waals surface area contributed by atoms with Crippen molar-refractivity contribution in [3.8, 4) is 0 Å². The van der Waals surface area contributed by atoms with E-state index in [1.807, 2.05) is 0 Å². The van der Waals surface area contributed by atoms with Crippen LogP contribution < -0.4 is 0 Å². The minimum Gasteiger partial charge on any atom is -0.474 e. The van der Waals surface area contributed by atoms with Gasteiger partial charge in [-0.25, -0.2) is 4.79 Å². The molecule has 0 aromatic rings. The molecule has 1 amide bonds. The Labute approximate surface area is 93.1 Å². The number of hydrogen-bond donors (Lipinski definition) is 1. The second kappa shape index (κ2) is 4.80. The number of carbonyl (C=O) groups is 2. The van der Waals surface area contributed by atoms with Crippen LogP contribution in [-0.4, -0.2) is 54.5 Å². The molecule has 0 radical (unpaired) electrons. The average Bonchev–Trinajstić information content (AvgIpc) is 2.81. The molecule has 1 N–H and O–H groups in total. The van der Waals surface area contributed by atoms with Crippen LogP contribution in [0, 0.1) is 5.92 Å². The molecule has 6 heteroatoms. The molecule has 2 rings (SSSR count). The summed E-state index contributed by atoms with van der Waals surface area (Å²) in [5, 5.41) is 8.57. The van der Waals surface area contributed by atoms with Crippen molar-refractivity contribution in [2.24, 2.45) is 5.92 Å². The van der Waals surface area contributed by atoms with Gasteiger partial charge in [0.1, 0.15) is 0 Å². The maximum Gasteiger partial charge on any atom is 0.394 e. The summed E-state index contributed by atoms with van der Waals surface area (Å²) in [5.74, 6) is -1.92. The third-order valence-corrected chi connectivity index (χ3v) is 3.04. The van der Waals surface area contributed by atoms with Crippen LogP contribution in [0.25, 0.3) is 0 Å². The molecule has 2 heterocycles. The largest absolute Gasteiger partial charge is 0.474 e. The lowest BCUT2D eigenvalue weighted by Crippen LogP contribution is -2.44. The van der Waals surface area contributed by atoms with E-state index in [1.54, 1.807) is 0 Å². The molecule has 0 unspecified atom stereocenters. The van der Waals surface area contributed by atoms with Gasteiger partial charge in [-0.05, 0) is 12.8 Å². The predicted molar refractivity (Wildman–Crippen MR) is 52.6 cm³/mol. The number of carbonyl (C=O) groups excluding carboxylic acids is 1. The summed E-state index contributed by atoms with van der Waals surface area (Å²) in [7, 11) is 0. The zero-order chi connectivity index (χ0) is 11.5. The van der Waals surface area contributed by atoms with Crippen molar-refractivity contribution in [2.75, 3.05) is 26.3 Å². The molecule has 0 aromatic heterocycles. The molecule has 2 aliphatic rings. The topological polar surface area (TPSA) is 76.1 Å². The molecule has 0 aromatic carbocycles. The van der Waals surface area contributed by atoms with E-state index in [2.05, 4.69) is 0 Å². The zero-order valence-corrected chi connectivity index (χ0v) is 8.92. The lowest BCUT2D eigenvalue weighted by molar-refractivity contribution is -0.158. The molecule has 90 valence electrons. The van der Waals surface area contributed by atoms with Crippen molar-refractivity contribution in [1.29, 1.82) is 0 Å². The normalized spacial score (nSPS) is 23.6. The van der Waals surface area contributed by atoms with Gasteiger partial charge in [-0.15, -0.1) is 0 Å². The fraction of sp³-hybridized carbons (Fsp3) is 0.800. The van der Waals surface area contributed by atoms with E-state index >= 15 is 0 Å². The Kier molecular flexibility index (Phi) is 3.40. The first-order valence-corrected chi connectivity index (χ1v) is 5.44. The standard InChI is InChI=1S/C10H15NO5/c12-8(9(13)14)11-3-1-7(2-4-11)10-15-5-6-16-10/h7,10H,1-6H2,(H,13,14). The van der Waals surface area contributed by atoms with Gasteiger partial charge in [-0.3, -0.25) is 4.79 Å². The maximum absolute atomic E-state index is 11.2. The van der Waals surface area contributed by atoms with Crippen molar-refractivity contribution >= 4 is 11.9 Å². The van der Waals surface area contributed by atoms with Gasteiger partial charge in [-0.2, -0.15) is 0 Å². The summed E-state index contributed by atoms with van der Waals surface area (Å²) in [6.45, 7) is 2.19. The molecule has 0 atom stereocenters. The van der Waals surface area contributed by atoms with E-state index in [-0.39, 0.29) is 12.2 Å². The Hall–Kier alpha value is -1.14. The molecule has 0 spiro atoms. The monoisotopic (exact) mass is 229 g/mol. The van der Waals surface area contributed by atoms with Crippen LogP contribution >= 0.6 is 0 Å². The number of carboxylic acids is 1. The van der Waals surface area contributed by atoms with E-state index in [1.165, 1.54) is 4.90 Å². The SMILES string of the molecule is O=C(O)C(=O)N1CCC(C2OCCO2)CC1. The molecular formula is C10H15NO5. The van der Waals surface area contributed by atoms with Crippen LogP contribution in [0.1, 0.15) is 12.8 Å². The highest BCUT2D eigenvalue weighted by Crippen LogP contribution is 2.25. The zero-order valence-electron chi connectivity index (χ0n) is 8.92. The second-order valence-corrected chi connectivity index (χ2v) is 4.04. The Morgan fingerprint density at radius 1 is 1.12 bits per heavy atom. The first-order valence-electron chi connectivity index (χ1n) is 5.44. The van der Waals surface area contributed by atoms with Crippen LogP contribution in [0.4, 0.5) is 0 Å². The van der Waals surface area contributed by atoms with Gasteiger partial charge in [0.25, 0.3) is 0 Å². The van der Waals surface area contributed by atoms with Crippen LogP contribution in [0.2, 0.25) is 0 Å². The number of piperidine rings is 1. The first-order chi connectivity index (χ1) is 7.68. The lowest BCUT2D eigenvalue weighted by atomic mass is 9.96. The number of aliphatic carboxylic acids is 1. The van der Waals surface area contributed by atoms with Gasteiger partial charge < -0.3 is 19.5 Å². The third-order valence-electron chi connectivity index (χ3n) is 3.04. The molecular weight excluding hydrogens is 214 g/mol. The third kappa shape index (κ3) is 2.33. The molecule has 0 bridgehead atoms. The minimum absolute atomic E-state index is 0.165. The van der Waals surface area contributed by atoms with Gasteiger partial charge in [0, 0.05) is 19.0 Å². The summed E-state index contributed by atoms with van der Waals surface area (Å²) < 4.78 is 10.8. The van der Waals surface area contributed by atoms with Crippen LogP contribution in [0.15, 0.2) is 0 Å². The number of carboxylic acid groups (broad SMARTS) is 1. The highest BCUT2D eigenvalue weighted by atomic mass is 16.7. The number of hydrogen-bond acceptors (Lipinski definition) is 4. The fourth-order valence-corrected chi connectivity index (χ4v) is 2.16. The summed E-state index contributed by atoms with van der Waals surface area (Å²) in [4.78, 5) is 23.1. The van der Waals surface area contributed by atoms with E-state index in [0.717, 1.165) is 12.8 Å². The van der Waals surface area contributed by atoms with E-state index in [0.29, 0.717) is 26.3 Å². The van der Waals surface area contributed by atoms with Crippen molar-refractivity contribution in [3.63, 3.8) is 0 Å². The Balaban J connectivity index is 1.82. The predicted octanol–water partition coefficient (Wildman–Crippen LogP) is -0.317. The summed E-state index contributed by atoms with van der Waals surface area (Å²) in [6.07, 6.45) is 1.31.